The molecule has 298 valence electrons. The maximum Gasteiger partial charge on any atom is 0.307 e. The number of amides is 2. The van der Waals surface area contributed by atoms with Crippen molar-refractivity contribution < 1.29 is 38.6 Å². The number of ether oxygens (including phenoxy) is 2. The molecule has 2 aliphatic heterocycles. The number of Topliss-reactive ketones (excluding diaryl/α,β-unsaturated/α-hetero) is 2. The van der Waals surface area contributed by atoms with E-state index in [1.165, 1.54) is 0 Å². The number of benzene rings is 5. The normalized spacial score (nSPS) is 19.5. The Morgan fingerprint density at radius 1 is 0.672 bits per heavy atom. The third-order valence-electron chi connectivity index (χ3n) is 10.5. The number of hydrogen-bond acceptors (Lipinski definition) is 7. The van der Waals surface area contributed by atoms with Gasteiger partial charge >= 0.3 is 5.97 Å². The quantitative estimate of drug-likeness (QED) is 0.143. The molecule has 0 saturated heterocycles. The number of nitrogens with one attached hydrogen (secondary N) is 2. The number of carbonyl (C=O) groups excluding carboxylic acids is 4. The van der Waals surface area contributed by atoms with E-state index in [1.54, 1.807) is 49.6 Å². The van der Waals surface area contributed by atoms with Gasteiger partial charge in [-0.15, -0.1) is 0 Å². The molecule has 2 heterocycles. The highest BCUT2D eigenvalue weighted by atomic mass is 16.5. The first-order valence-corrected chi connectivity index (χ1v) is 19.5. The molecular formula is C48H48N2O8. The summed E-state index contributed by atoms with van der Waals surface area (Å²) in [5.74, 6) is -3.93. The fourth-order valence-corrected chi connectivity index (χ4v) is 7.22. The molecule has 5 aromatic rings. The third-order valence-corrected chi connectivity index (χ3v) is 10.5. The zero-order chi connectivity index (χ0) is 40.9. The predicted molar refractivity (Wildman–Crippen MR) is 220 cm³/mol. The largest absolute Gasteiger partial charge is 0.497 e. The number of ketones is 2. The summed E-state index contributed by atoms with van der Waals surface area (Å²) in [6.07, 6.45) is 0.510. The van der Waals surface area contributed by atoms with Gasteiger partial charge in [-0.2, -0.15) is 0 Å². The Kier molecular flexibility index (Phi) is 14.2. The molecule has 2 amide bonds. The highest BCUT2D eigenvalue weighted by molar-refractivity contribution is 5.95. The summed E-state index contributed by atoms with van der Waals surface area (Å²) in [5.41, 5.74) is 5.15. The maximum absolute atomic E-state index is 14.5. The first-order chi connectivity index (χ1) is 28.1. The lowest BCUT2D eigenvalue weighted by Gasteiger charge is -2.26. The molecule has 0 aliphatic carbocycles. The van der Waals surface area contributed by atoms with Crippen LogP contribution in [0.5, 0.6) is 11.5 Å². The van der Waals surface area contributed by atoms with Crippen molar-refractivity contribution >= 4 is 29.4 Å². The topological polar surface area (TPSA) is 148 Å². The van der Waals surface area contributed by atoms with Gasteiger partial charge < -0.3 is 25.2 Å². The van der Waals surface area contributed by atoms with E-state index in [2.05, 4.69) is 10.6 Å². The Hall–Kier alpha value is -6.55. The van der Waals surface area contributed by atoms with E-state index < -0.39 is 47.5 Å². The van der Waals surface area contributed by atoms with E-state index in [4.69, 9.17) is 9.47 Å². The van der Waals surface area contributed by atoms with Crippen LogP contribution in [0.15, 0.2) is 133 Å². The number of hydrogen-bond donors (Lipinski definition) is 3. The van der Waals surface area contributed by atoms with Crippen LogP contribution in [0.2, 0.25) is 0 Å². The maximum atomic E-state index is 14.5. The monoisotopic (exact) mass is 780 g/mol. The number of aliphatic carboxylic acids is 1. The van der Waals surface area contributed by atoms with Crippen molar-refractivity contribution in [3.8, 4) is 22.6 Å². The van der Waals surface area contributed by atoms with Crippen LogP contribution < -0.4 is 20.1 Å². The molecule has 2 aliphatic rings. The number of carboxylic acid groups (broad SMARTS) is 1. The van der Waals surface area contributed by atoms with E-state index in [0.29, 0.717) is 23.5 Å². The van der Waals surface area contributed by atoms with E-state index in [1.807, 2.05) is 91.0 Å². The summed E-state index contributed by atoms with van der Waals surface area (Å²) < 4.78 is 11.2. The van der Waals surface area contributed by atoms with Crippen LogP contribution in [0.25, 0.3) is 11.1 Å². The van der Waals surface area contributed by atoms with Crippen LogP contribution in [0, 0.1) is 11.8 Å². The lowest BCUT2D eigenvalue weighted by molar-refractivity contribution is -0.144. The Morgan fingerprint density at radius 2 is 1.33 bits per heavy atom. The van der Waals surface area contributed by atoms with Gasteiger partial charge in [0.2, 0.25) is 11.8 Å². The summed E-state index contributed by atoms with van der Waals surface area (Å²) in [6, 6.07) is 38.8. The average Bonchev–Trinajstić information content (AvgIpc) is 3.24. The number of fused-ring (bicyclic) bond motifs is 16. The summed E-state index contributed by atoms with van der Waals surface area (Å²) in [6.45, 7) is -0.297. The highest BCUT2D eigenvalue weighted by Crippen LogP contribution is 2.24. The summed E-state index contributed by atoms with van der Waals surface area (Å²) in [5, 5.41) is 16.1. The average molecular weight is 781 g/mol. The molecule has 58 heavy (non-hydrogen) atoms. The molecule has 0 spiro atoms. The number of carbonyl (C=O) groups is 5. The predicted octanol–water partition coefficient (Wildman–Crippen LogP) is 6.62. The van der Waals surface area contributed by atoms with Gasteiger partial charge in [0.1, 0.15) is 24.1 Å². The summed E-state index contributed by atoms with van der Waals surface area (Å²) in [7, 11) is 1.55. The Balaban J connectivity index is 1.34. The number of aryl methyl sites for hydroxylation is 1. The molecule has 0 radical (unpaired) electrons. The molecule has 0 saturated carbocycles. The zero-order valence-electron chi connectivity index (χ0n) is 32.5. The van der Waals surface area contributed by atoms with Crippen molar-refractivity contribution in [2.45, 2.75) is 57.0 Å². The molecule has 4 atom stereocenters. The fraction of sp³-hybridized carbons (Fsp3) is 0.271. The van der Waals surface area contributed by atoms with Crippen molar-refractivity contribution in [3.05, 3.63) is 156 Å². The van der Waals surface area contributed by atoms with E-state index in [-0.39, 0.29) is 50.9 Å². The molecule has 7 rings (SSSR count). The number of rotatable bonds is 10. The minimum absolute atomic E-state index is 0.0727. The van der Waals surface area contributed by atoms with E-state index >= 15 is 0 Å². The van der Waals surface area contributed by atoms with Crippen LogP contribution in [-0.2, 0) is 49.7 Å². The first-order valence-electron chi connectivity index (χ1n) is 19.5. The second-order valence-corrected chi connectivity index (χ2v) is 14.8. The molecule has 0 unspecified atom stereocenters. The Bertz CT molecular complexity index is 2170. The van der Waals surface area contributed by atoms with Crippen LogP contribution in [-0.4, -0.2) is 60.3 Å². The van der Waals surface area contributed by atoms with Gasteiger partial charge in [0, 0.05) is 25.2 Å². The second-order valence-electron chi connectivity index (χ2n) is 14.8. The second kappa shape index (κ2) is 20.0. The fourth-order valence-electron chi connectivity index (χ4n) is 7.22. The lowest BCUT2D eigenvalue weighted by atomic mass is 9.90. The van der Waals surface area contributed by atoms with Crippen molar-refractivity contribution in [1.82, 2.24) is 10.6 Å². The molecule has 2 bridgehead atoms. The van der Waals surface area contributed by atoms with E-state index in [9.17, 15) is 29.1 Å². The molecule has 0 fully saturated rings. The SMILES string of the molecule is COc1cccc(C[C@@H]2CC(=O)COc3ccc(cc3)C[C@@H](C(=O)O)CC(=O)[C@H](CCc3ccccc3)NC(=O)[C@@H](Cc3ccc(-c4ccccc4)cc3)NC2=O)c1. The molecule has 3 N–H and O–H groups in total. The molecule has 10 nitrogen and oxygen atoms in total. The minimum atomic E-state index is -1.14. The molecule has 5 aromatic carbocycles. The molecule has 10 heteroatoms. The number of carboxylic acids is 1. The lowest BCUT2D eigenvalue weighted by Crippen LogP contribution is -2.54. The van der Waals surface area contributed by atoms with Gasteiger partial charge in [-0.25, -0.2) is 0 Å². The van der Waals surface area contributed by atoms with Crippen molar-refractivity contribution in [1.29, 1.82) is 0 Å². The first kappa shape index (κ1) is 41.1. The van der Waals surface area contributed by atoms with Crippen molar-refractivity contribution in [2.24, 2.45) is 11.8 Å². The number of methoxy groups -OCH3 is 1. The van der Waals surface area contributed by atoms with Crippen LogP contribution >= 0.6 is 0 Å². The third kappa shape index (κ3) is 11.7. The van der Waals surface area contributed by atoms with Crippen LogP contribution in [0.3, 0.4) is 0 Å². The van der Waals surface area contributed by atoms with Gasteiger partial charge in [-0.05, 0) is 83.3 Å². The molecular weight excluding hydrogens is 733 g/mol. The zero-order valence-corrected chi connectivity index (χ0v) is 32.5. The van der Waals surface area contributed by atoms with E-state index in [0.717, 1.165) is 27.8 Å². The van der Waals surface area contributed by atoms with Crippen LogP contribution in [0.1, 0.15) is 41.5 Å². The summed E-state index contributed by atoms with van der Waals surface area (Å²) >= 11 is 0. The van der Waals surface area contributed by atoms with Crippen molar-refractivity contribution in [3.63, 3.8) is 0 Å². The molecule has 0 aromatic heterocycles. The Morgan fingerprint density at radius 3 is 2.02 bits per heavy atom. The standard InChI is InChI=1S/C48H48N2O8/c1-57-42-14-8-11-35(27-42)26-38-29-40(51)31-58-41-22-17-33(18-23-41)25-39(48(55)56)30-45(52)43(24-19-32-9-4-2-5-10-32)49-47(54)44(50-46(38)53)28-34-15-20-37(21-16-34)36-12-6-3-7-13-36/h2-18,20-23,27,38-39,43-44H,19,24-26,28-31H2,1H3,(H,49,54)(H,50,53)(H,55,56)/t38-,39-,43+,44-/m1/s1. The van der Waals surface area contributed by atoms with Gasteiger partial charge in [0.25, 0.3) is 0 Å². The smallest absolute Gasteiger partial charge is 0.307 e. The highest BCUT2D eigenvalue weighted by Gasteiger charge is 2.32. The van der Waals surface area contributed by atoms with Gasteiger partial charge in [-0.1, -0.05) is 109 Å². The Labute approximate surface area is 338 Å². The van der Waals surface area contributed by atoms with Gasteiger partial charge in [-0.3, -0.25) is 24.0 Å². The van der Waals surface area contributed by atoms with Gasteiger partial charge in [0.15, 0.2) is 11.6 Å². The van der Waals surface area contributed by atoms with Gasteiger partial charge in [0.05, 0.1) is 19.1 Å². The summed E-state index contributed by atoms with van der Waals surface area (Å²) in [4.78, 5) is 68.9. The van der Waals surface area contributed by atoms with Crippen LogP contribution in [0.4, 0.5) is 0 Å². The minimum Gasteiger partial charge on any atom is -0.497 e. The van der Waals surface area contributed by atoms with Crippen molar-refractivity contribution in [2.75, 3.05) is 13.7 Å².